The van der Waals surface area contributed by atoms with E-state index in [0.29, 0.717) is 12.8 Å². The molecule has 1 rings (SSSR count). The smallest absolute Gasteiger partial charge is 0.320 e. The van der Waals surface area contributed by atoms with Crippen molar-refractivity contribution in [3.8, 4) is 0 Å². The van der Waals surface area contributed by atoms with Crippen LogP contribution >= 0.6 is 11.6 Å². The lowest BCUT2D eigenvalue weighted by atomic mass is 10.1. The standard InChI is InChI=1S/C6H7ClO3/c1-10-5(9)6(2-3-6)4(7)8/h2-3H2,1H3. The highest BCUT2D eigenvalue weighted by atomic mass is 35.5. The number of ether oxygens (including phenoxy) is 1. The van der Waals surface area contributed by atoms with Crippen molar-refractivity contribution in [2.75, 3.05) is 7.11 Å². The van der Waals surface area contributed by atoms with Crippen LogP contribution < -0.4 is 0 Å². The van der Waals surface area contributed by atoms with Crippen molar-refractivity contribution in [3.05, 3.63) is 0 Å². The molecular weight excluding hydrogens is 156 g/mol. The summed E-state index contributed by atoms with van der Waals surface area (Å²) in [4.78, 5) is 21.4. The summed E-state index contributed by atoms with van der Waals surface area (Å²) in [6, 6.07) is 0. The lowest BCUT2D eigenvalue weighted by Crippen LogP contribution is -2.23. The van der Waals surface area contributed by atoms with E-state index in [4.69, 9.17) is 11.6 Å². The Hall–Kier alpha value is -0.570. The Balaban J connectivity index is 2.69. The van der Waals surface area contributed by atoms with Gasteiger partial charge in [-0.15, -0.1) is 0 Å². The molecule has 4 heteroatoms. The van der Waals surface area contributed by atoms with Gasteiger partial charge in [-0.25, -0.2) is 0 Å². The SMILES string of the molecule is COC(=O)C1(C(=O)Cl)CC1. The third-order valence-electron chi connectivity index (χ3n) is 1.70. The quantitative estimate of drug-likeness (QED) is 0.341. The van der Waals surface area contributed by atoms with Gasteiger partial charge >= 0.3 is 5.97 Å². The number of rotatable bonds is 2. The summed E-state index contributed by atoms with van der Waals surface area (Å²) in [6.45, 7) is 0. The molecule has 0 bridgehead atoms. The van der Waals surface area contributed by atoms with Crippen LogP contribution in [0.25, 0.3) is 0 Å². The zero-order chi connectivity index (χ0) is 7.78. The Morgan fingerprint density at radius 2 is 2.00 bits per heavy atom. The maximum Gasteiger partial charge on any atom is 0.320 e. The lowest BCUT2D eigenvalue weighted by molar-refractivity contribution is -0.149. The molecule has 3 nitrogen and oxygen atoms in total. The normalized spacial score (nSPS) is 19.8. The van der Waals surface area contributed by atoms with E-state index < -0.39 is 16.6 Å². The first-order valence-electron chi connectivity index (χ1n) is 2.92. The second-order valence-electron chi connectivity index (χ2n) is 2.35. The molecule has 0 amide bonds. The third-order valence-corrected chi connectivity index (χ3v) is 2.06. The minimum Gasteiger partial charge on any atom is -0.468 e. The number of methoxy groups -OCH3 is 1. The van der Waals surface area contributed by atoms with Gasteiger partial charge < -0.3 is 4.74 Å². The number of hydrogen-bond acceptors (Lipinski definition) is 3. The molecule has 56 valence electrons. The zero-order valence-electron chi connectivity index (χ0n) is 5.52. The fourth-order valence-corrected chi connectivity index (χ4v) is 1.07. The van der Waals surface area contributed by atoms with Crippen molar-refractivity contribution in [2.24, 2.45) is 5.41 Å². The number of halogens is 1. The van der Waals surface area contributed by atoms with Crippen molar-refractivity contribution in [1.82, 2.24) is 0 Å². The van der Waals surface area contributed by atoms with Crippen LogP contribution in [0.4, 0.5) is 0 Å². The summed E-state index contributed by atoms with van der Waals surface area (Å²) in [5.41, 5.74) is -0.976. The fourth-order valence-electron chi connectivity index (χ4n) is 0.801. The molecule has 1 saturated carbocycles. The average molecular weight is 163 g/mol. The molecular formula is C6H7ClO3. The van der Waals surface area contributed by atoms with E-state index in [1.165, 1.54) is 7.11 Å². The number of esters is 1. The third kappa shape index (κ3) is 0.904. The van der Waals surface area contributed by atoms with Gasteiger partial charge in [-0.05, 0) is 24.4 Å². The van der Waals surface area contributed by atoms with Crippen LogP contribution in [-0.2, 0) is 14.3 Å². The van der Waals surface area contributed by atoms with Crippen LogP contribution in [0.1, 0.15) is 12.8 Å². The van der Waals surface area contributed by atoms with Gasteiger partial charge in [0.25, 0.3) is 0 Å². The summed E-state index contributed by atoms with van der Waals surface area (Å²) in [5.74, 6) is -0.507. The highest BCUT2D eigenvalue weighted by molar-refractivity contribution is 6.66. The fraction of sp³-hybridized carbons (Fsp3) is 0.667. The van der Waals surface area contributed by atoms with E-state index in [1.807, 2.05) is 0 Å². The van der Waals surface area contributed by atoms with Crippen LogP contribution in [0, 0.1) is 5.41 Å². The first-order chi connectivity index (χ1) is 4.63. The molecule has 0 N–H and O–H groups in total. The molecule has 1 aliphatic carbocycles. The zero-order valence-corrected chi connectivity index (χ0v) is 6.27. The van der Waals surface area contributed by atoms with Crippen molar-refractivity contribution < 1.29 is 14.3 Å². The summed E-state index contributed by atoms with van der Waals surface area (Å²) < 4.78 is 4.39. The van der Waals surface area contributed by atoms with E-state index in [-0.39, 0.29) is 0 Å². The van der Waals surface area contributed by atoms with Crippen molar-refractivity contribution in [2.45, 2.75) is 12.8 Å². The molecule has 0 aliphatic heterocycles. The van der Waals surface area contributed by atoms with Crippen molar-refractivity contribution in [3.63, 3.8) is 0 Å². The molecule has 0 unspecified atom stereocenters. The second kappa shape index (κ2) is 2.23. The van der Waals surface area contributed by atoms with Gasteiger partial charge in [-0.1, -0.05) is 0 Å². The van der Waals surface area contributed by atoms with Gasteiger partial charge in [0.05, 0.1) is 7.11 Å². The van der Waals surface area contributed by atoms with E-state index in [1.54, 1.807) is 0 Å². The Labute approximate surface area is 63.3 Å². The van der Waals surface area contributed by atoms with Crippen molar-refractivity contribution in [1.29, 1.82) is 0 Å². The van der Waals surface area contributed by atoms with Crippen LogP contribution in [-0.4, -0.2) is 18.3 Å². The molecule has 0 aromatic carbocycles. The molecule has 0 aromatic heterocycles. The molecule has 0 spiro atoms. The number of carbonyl (C=O) groups is 2. The molecule has 0 radical (unpaired) electrons. The number of carbonyl (C=O) groups excluding carboxylic acids is 2. The Morgan fingerprint density at radius 1 is 1.50 bits per heavy atom. The van der Waals surface area contributed by atoms with Gasteiger partial charge in [-0.2, -0.15) is 0 Å². The van der Waals surface area contributed by atoms with Crippen LogP contribution in [0.15, 0.2) is 0 Å². The highest BCUT2D eigenvalue weighted by Crippen LogP contribution is 2.48. The van der Waals surface area contributed by atoms with E-state index in [9.17, 15) is 9.59 Å². The highest BCUT2D eigenvalue weighted by Gasteiger charge is 2.57. The molecule has 0 heterocycles. The average Bonchev–Trinajstić information content (AvgIpc) is 2.65. The van der Waals surface area contributed by atoms with Gasteiger partial charge in [0.1, 0.15) is 5.41 Å². The minimum absolute atomic E-state index is 0.507. The van der Waals surface area contributed by atoms with Crippen molar-refractivity contribution >= 4 is 22.8 Å². The van der Waals surface area contributed by atoms with Gasteiger partial charge in [0.15, 0.2) is 0 Å². The van der Waals surface area contributed by atoms with E-state index in [0.717, 1.165) is 0 Å². The predicted octanol–water partition coefficient (Wildman–Crippen LogP) is 0.705. The largest absolute Gasteiger partial charge is 0.468 e. The van der Waals surface area contributed by atoms with Crippen LogP contribution in [0.5, 0.6) is 0 Å². The molecule has 0 atom stereocenters. The topological polar surface area (TPSA) is 43.4 Å². The molecule has 0 aromatic rings. The molecule has 10 heavy (non-hydrogen) atoms. The summed E-state index contributed by atoms with van der Waals surface area (Å²) in [6.07, 6.45) is 1.06. The maximum atomic E-state index is 10.8. The maximum absolute atomic E-state index is 10.8. The lowest BCUT2D eigenvalue weighted by Gasteiger charge is -2.04. The van der Waals surface area contributed by atoms with Crippen LogP contribution in [0.3, 0.4) is 0 Å². The Kier molecular flexibility index (Phi) is 1.68. The monoisotopic (exact) mass is 162 g/mol. The summed E-state index contributed by atoms with van der Waals surface area (Å²) in [5, 5.41) is -0.598. The first kappa shape index (κ1) is 7.54. The predicted molar refractivity (Wildman–Crippen MR) is 34.5 cm³/mol. The van der Waals surface area contributed by atoms with Crippen LogP contribution in [0.2, 0.25) is 0 Å². The molecule has 1 fully saturated rings. The second-order valence-corrected chi connectivity index (χ2v) is 2.69. The Bertz CT molecular complexity index is 183. The summed E-state index contributed by atoms with van der Waals surface area (Å²) >= 11 is 5.17. The van der Waals surface area contributed by atoms with Gasteiger partial charge in [0.2, 0.25) is 5.24 Å². The molecule has 0 saturated heterocycles. The summed E-state index contributed by atoms with van der Waals surface area (Å²) in [7, 11) is 1.25. The Morgan fingerprint density at radius 3 is 2.10 bits per heavy atom. The van der Waals surface area contributed by atoms with E-state index >= 15 is 0 Å². The molecule has 1 aliphatic rings. The minimum atomic E-state index is -0.976. The van der Waals surface area contributed by atoms with Gasteiger partial charge in [-0.3, -0.25) is 9.59 Å². The van der Waals surface area contributed by atoms with Gasteiger partial charge in [0, 0.05) is 0 Å². The van der Waals surface area contributed by atoms with E-state index in [2.05, 4.69) is 4.74 Å². The number of hydrogen-bond donors (Lipinski definition) is 0. The first-order valence-corrected chi connectivity index (χ1v) is 3.29.